The zero-order valence-electron chi connectivity index (χ0n) is 12.5. The highest BCUT2D eigenvalue weighted by molar-refractivity contribution is 5.83. The second-order valence-corrected chi connectivity index (χ2v) is 5.37. The Morgan fingerprint density at radius 1 is 1.15 bits per heavy atom. The highest BCUT2D eigenvalue weighted by Crippen LogP contribution is 2.26. The Morgan fingerprint density at radius 3 is 2.40 bits per heavy atom. The van der Waals surface area contributed by atoms with Gasteiger partial charge in [0.05, 0.1) is 18.8 Å². The van der Waals surface area contributed by atoms with Gasteiger partial charge in [-0.15, -0.1) is 0 Å². The normalized spacial score (nSPS) is 30.6. The minimum absolute atomic E-state index is 0.262. The van der Waals surface area contributed by atoms with Gasteiger partial charge >= 0.3 is 0 Å². The summed E-state index contributed by atoms with van der Waals surface area (Å²) in [6.07, 6.45) is 1.94. The topological polar surface area (TPSA) is 93.0 Å². The Hall–Kier alpha value is -0.690. The first-order valence-corrected chi connectivity index (χ1v) is 7.58. The molecule has 0 radical (unpaired) electrons. The van der Waals surface area contributed by atoms with Crippen molar-refractivity contribution in [1.29, 1.82) is 0 Å². The minimum Gasteiger partial charge on any atom is -0.395 e. The Morgan fingerprint density at radius 2 is 1.85 bits per heavy atom. The molecule has 2 unspecified atom stereocenters. The molecule has 6 heteroatoms. The van der Waals surface area contributed by atoms with Crippen molar-refractivity contribution >= 4 is 5.91 Å². The number of nitrogens with zero attached hydrogens (tertiary/aromatic N) is 1. The van der Waals surface area contributed by atoms with Crippen LogP contribution in [0.2, 0.25) is 0 Å². The molecule has 1 aliphatic heterocycles. The van der Waals surface area contributed by atoms with Gasteiger partial charge in [0, 0.05) is 6.54 Å². The lowest BCUT2D eigenvalue weighted by molar-refractivity contribution is -0.128. The molecule has 0 aromatic rings. The van der Waals surface area contributed by atoms with Crippen LogP contribution in [0.15, 0.2) is 0 Å². The number of aliphatic hydroxyl groups excluding tert-OH is 3. The first kappa shape index (κ1) is 17.4. The van der Waals surface area contributed by atoms with Gasteiger partial charge in [0.15, 0.2) is 0 Å². The number of unbranched alkanes of at least 4 members (excludes halogenated alkanes) is 3. The van der Waals surface area contributed by atoms with Crippen LogP contribution in [0.5, 0.6) is 0 Å². The number of likely N-dealkylation sites (N-methyl/N-ethyl adjacent to an activating group) is 1. The monoisotopic (exact) mass is 288 g/mol. The first-order chi connectivity index (χ1) is 9.58. The summed E-state index contributed by atoms with van der Waals surface area (Å²) < 4.78 is 0. The molecule has 118 valence electrons. The number of nitrogens with one attached hydrogen (secondary N) is 1. The van der Waals surface area contributed by atoms with Gasteiger partial charge in [-0.3, -0.25) is 9.69 Å². The van der Waals surface area contributed by atoms with Crippen LogP contribution >= 0.6 is 0 Å². The van der Waals surface area contributed by atoms with Gasteiger partial charge in [-0.05, 0) is 19.9 Å². The van der Waals surface area contributed by atoms with E-state index in [0.717, 1.165) is 25.7 Å². The number of hydrogen-bond acceptors (Lipinski definition) is 5. The maximum absolute atomic E-state index is 12.1. The molecule has 4 N–H and O–H groups in total. The summed E-state index contributed by atoms with van der Waals surface area (Å²) in [5, 5.41) is 32.1. The molecule has 1 fully saturated rings. The Kier molecular flexibility index (Phi) is 7.43. The molecule has 20 heavy (non-hydrogen) atoms. The number of amides is 1. The molecule has 0 aromatic heterocycles. The highest BCUT2D eigenvalue weighted by Gasteiger charge is 2.50. The molecule has 4 atom stereocenters. The van der Waals surface area contributed by atoms with Gasteiger partial charge in [-0.2, -0.15) is 0 Å². The van der Waals surface area contributed by atoms with E-state index >= 15 is 0 Å². The molecule has 1 aliphatic rings. The molecular weight excluding hydrogens is 260 g/mol. The van der Waals surface area contributed by atoms with Gasteiger partial charge in [0.1, 0.15) is 12.1 Å². The number of carbonyl (C=O) groups excluding carboxylic acids is 1. The fraction of sp³-hybridized carbons (Fsp3) is 0.929. The summed E-state index contributed by atoms with van der Waals surface area (Å²) in [4.78, 5) is 13.8. The van der Waals surface area contributed by atoms with E-state index in [-0.39, 0.29) is 12.5 Å². The first-order valence-electron chi connectivity index (χ1n) is 7.58. The van der Waals surface area contributed by atoms with Crippen LogP contribution < -0.4 is 5.32 Å². The predicted octanol–water partition coefficient (Wildman–Crippen LogP) is -0.530. The van der Waals surface area contributed by atoms with Crippen molar-refractivity contribution in [2.75, 3.05) is 19.7 Å². The van der Waals surface area contributed by atoms with Crippen molar-refractivity contribution < 1.29 is 20.1 Å². The smallest absolute Gasteiger partial charge is 0.240 e. The molecule has 0 aliphatic carbocycles. The summed E-state index contributed by atoms with van der Waals surface area (Å²) in [5.41, 5.74) is 0. The van der Waals surface area contributed by atoms with Gasteiger partial charge in [-0.1, -0.05) is 26.2 Å². The number of rotatable bonds is 8. The van der Waals surface area contributed by atoms with Crippen molar-refractivity contribution in [3.63, 3.8) is 0 Å². The molecule has 0 bridgehead atoms. The average molecular weight is 288 g/mol. The van der Waals surface area contributed by atoms with Crippen LogP contribution in [-0.4, -0.2) is 70.1 Å². The van der Waals surface area contributed by atoms with Gasteiger partial charge in [-0.25, -0.2) is 0 Å². The van der Waals surface area contributed by atoms with Gasteiger partial charge in [0.2, 0.25) is 5.91 Å². The maximum atomic E-state index is 12.1. The molecule has 1 saturated heterocycles. The largest absolute Gasteiger partial charge is 0.395 e. The number of carbonyl (C=O) groups is 1. The van der Waals surface area contributed by atoms with E-state index in [2.05, 4.69) is 12.2 Å². The maximum Gasteiger partial charge on any atom is 0.240 e. The summed E-state index contributed by atoms with van der Waals surface area (Å²) in [5.74, 6) is -0.287. The summed E-state index contributed by atoms with van der Waals surface area (Å²) in [6.45, 7) is 4.75. The zero-order valence-corrected chi connectivity index (χ0v) is 12.5. The molecule has 0 spiro atoms. The number of aliphatic hydroxyl groups is 3. The summed E-state index contributed by atoms with van der Waals surface area (Å²) in [7, 11) is 0. The van der Waals surface area contributed by atoms with Crippen LogP contribution in [0, 0.1) is 0 Å². The van der Waals surface area contributed by atoms with Crippen molar-refractivity contribution in [3.8, 4) is 0 Å². The van der Waals surface area contributed by atoms with Crippen molar-refractivity contribution in [2.24, 2.45) is 0 Å². The molecule has 6 nitrogen and oxygen atoms in total. The third-order valence-electron chi connectivity index (χ3n) is 3.93. The predicted molar refractivity (Wildman–Crippen MR) is 76.2 cm³/mol. The van der Waals surface area contributed by atoms with E-state index < -0.39 is 24.3 Å². The lowest BCUT2D eigenvalue weighted by Crippen LogP contribution is -2.50. The fourth-order valence-corrected chi connectivity index (χ4v) is 2.84. The lowest BCUT2D eigenvalue weighted by atomic mass is 10.1. The third-order valence-corrected chi connectivity index (χ3v) is 3.93. The quantitative estimate of drug-likeness (QED) is 0.451. The average Bonchev–Trinajstić information content (AvgIpc) is 2.67. The minimum atomic E-state index is -1.15. The summed E-state index contributed by atoms with van der Waals surface area (Å²) >= 11 is 0. The Labute approximate surface area is 120 Å². The molecule has 1 amide bonds. The molecule has 1 rings (SSSR count). The van der Waals surface area contributed by atoms with E-state index in [1.165, 1.54) is 0 Å². The van der Waals surface area contributed by atoms with E-state index in [0.29, 0.717) is 13.1 Å². The molecule has 0 saturated carbocycles. The van der Waals surface area contributed by atoms with Crippen LogP contribution in [0.25, 0.3) is 0 Å². The van der Waals surface area contributed by atoms with E-state index in [1.807, 2.05) is 6.92 Å². The van der Waals surface area contributed by atoms with E-state index in [1.54, 1.807) is 4.90 Å². The van der Waals surface area contributed by atoms with Crippen LogP contribution in [0.4, 0.5) is 0 Å². The molecule has 1 heterocycles. The van der Waals surface area contributed by atoms with Crippen LogP contribution in [0.1, 0.15) is 39.5 Å². The van der Waals surface area contributed by atoms with Crippen LogP contribution in [-0.2, 0) is 4.79 Å². The van der Waals surface area contributed by atoms with Gasteiger partial charge in [0.25, 0.3) is 0 Å². The number of likely N-dealkylation sites (tertiary alicyclic amines) is 1. The summed E-state index contributed by atoms with van der Waals surface area (Å²) in [6, 6.07) is -1.34. The Bertz CT molecular complexity index is 301. The van der Waals surface area contributed by atoms with E-state index in [4.69, 9.17) is 0 Å². The third kappa shape index (κ3) is 3.91. The van der Waals surface area contributed by atoms with Crippen LogP contribution in [0.3, 0.4) is 0 Å². The number of hydrogen-bond donors (Lipinski definition) is 4. The van der Waals surface area contributed by atoms with Crippen molar-refractivity contribution in [1.82, 2.24) is 10.2 Å². The zero-order chi connectivity index (χ0) is 15.1. The Balaban J connectivity index is 2.72. The second-order valence-electron chi connectivity index (χ2n) is 5.37. The molecule has 0 aromatic carbocycles. The van der Waals surface area contributed by atoms with Crippen molar-refractivity contribution in [2.45, 2.75) is 63.8 Å². The second kappa shape index (κ2) is 8.56. The SMILES string of the molecule is CCCCCCN1C(C(=O)NCC)C(O)[C@H](O)[C@H]1CO. The lowest BCUT2D eigenvalue weighted by Gasteiger charge is -2.28. The van der Waals surface area contributed by atoms with E-state index in [9.17, 15) is 20.1 Å². The standard InChI is InChI=1S/C14H28N2O4/c1-3-5-6-7-8-16-10(9-17)12(18)13(19)11(16)14(20)15-4-2/h10-13,17-19H,3-9H2,1-2H3,(H,15,20)/t10-,11?,12-,13?/m1/s1. The van der Waals surface area contributed by atoms with Gasteiger partial charge < -0.3 is 20.6 Å². The highest BCUT2D eigenvalue weighted by atomic mass is 16.3. The fourth-order valence-electron chi connectivity index (χ4n) is 2.84. The molecular formula is C14H28N2O4. The van der Waals surface area contributed by atoms with Crippen molar-refractivity contribution in [3.05, 3.63) is 0 Å².